The standard InChI is InChI=1S/C18H14BrNO3.C18H14ClNO3.C18H14FNO3.C18H12N2O2/c3*1-23-15-6-3-11(4-7-15)17(21)9-13-8-12-2-5-14(19)10-16(12)20-18(13)22;1-19-15-8-7-13-9-14(18(22)20-16(13)11-15)10-17(21)12-5-3-2-4-6-12/h3*2-7,9-10H,8H2,1H3,(H,20,22);2-8,10-11H,9H2,(H,20,22)/b3*13-9+;14-10+. The van der Waals surface area contributed by atoms with Crippen LogP contribution in [-0.2, 0) is 44.9 Å². The number of ketones is 4. The number of methoxy groups -OCH3 is 3. The number of carbonyl (C=O) groups is 8. The lowest BCUT2D eigenvalue weighted by Crippen LogP contribution is -2.23. The van der Waals surface area contributed by atoms with Crippen LogP contribution in [0.1, 0.15) is 63.7 Å². The van der Waals surface area contributed by atoms with E-state index >= 15 is 0 Å². The summed E-state index contributed by atoms with van der Waals surface area (Å²) in [4.78, 5) is 101. The predicted octanol–water partition coefficient (Wildman–Crippen LogP) is 14.1. The topological polar surface area (TPSA) is 217 Å². The van der Waals surface area contributed by atoms with E-state index in [1.165, 1.54) is 36.4 Å². The van der Waals surface area contributed by atoms with Gasteiger partial charge in [0.1, 0.15) is 23.1 Å². The van der Waals surface area contributed by atoms with E-state index in [4.69, 9.17) is 32.4 Å². The molecule has 0 aliphatic carbocycles. The fraction of sp³-hybridized carbons (Fsp3) is 0.0972. The van der Waals surface area contributed by atoms with Crippen molar-refractivity contribution in [3.05, 3.63) is 294 Å². The largest absolute Gasteiger partial charge is 0.497 e. The molecule has 8 aromatic carbocycles. The number of ether oxygens (including phenoxy) is 3. The highest BCUT2D eigenvalue weighted by Crippen LogP contribution is 2.33. The minimum Gasteiger partial charge on any atom is -0.497 e. The van der Waals surface area contributed by atoms with Crippen LogP contribution in [0.4, 0.5) is 32.8 Å². The molecule has 4 amide bonds. The predicted molar refractivity (Wildman–Crippen MR) is 349 cm³/mol. The van der Waals surface area contributed by atoms with E-state index in [0.29, 0.717) is 115 Å². The third-order valence-corrected chi connectivity index (χ3v) is 15.3. The van der Waals surface area contributed by atoms with Gasteiger partial charge in [-0.3, -0.25) is 38.4 Å². The summed E-state index contributed by atoms with van der Waals surface area (Å²) in [7, 11) is 4.68. The Bertz CT molecular complexity index is 4050. The van der Waals surface area contributed by atoms with E-state index in [1.54, 1.807) is 149 Å². The van der Waals surface area contributed by atoms with E-state index in [2.05, 4.69) is 42.0 Å². The Kier molecular flexibility index (Phi) is 21.0. The molecule has 0 bridgehead atoms. The van der Waals surface area contributed by atoms with Crippen molar-refractivity contribution < 1.29 is 57.0 Å². The molecule has 0 radical (unpaired) electrons. The highest BCUT2D eigenvalue weighted by atomic mass is 79.9. The average Bonchev–Trinajstić information content (AvgIpc) is 1.37. The van der Waals surface area contributed by atoms with Gasteiger partial charge in [0.2, 0.25) is 0 Å². The Morgan fingerprint density at radius 2 is 0.769 bits per heavy atom. The maximum Gasteiger partial charge on any atom is 0.252 e. The highest BCUT2D eigenvalue weighted by Gasteiger charge is 2.26. The van der Waals surface area contributed by atoms with Gasteiger partial charge in [0.25, 0.3) is 23.6 Å². The smallest absolute Gasteiger partial charge is 0.252 e. The second kappa shape index (κ2) is 29.7. The van der Waals surface area contributed by atoms with Gasteiger partial charge in [-0.15, -0.1) is 0 Å². The van der Waals surface area contributed by atoms with Crippen molar-refractivity contribution in [3.63, 3.8) is 0 Å². The first-order valence-electron chi connectivity index (χ1n) is 27.9. The summed E-state index contributed by atoms with van der Waals surface area (Å²) in [6.07, 6.45) is 7.02. The Labute approximate surface area is 536 Å². The Hall–Kier alpha value is -11.1. The van der Waals surface area contributed by atoms with Crippen LogP contribution in [0.2, 0.25) is 5.02 Å². The maximum absolute atomic E-state index is 13.2. The second-order valence-electron chi connectivity index (χ2n) is 20.6. The molecule has 0 spiro atoms. The molecule has 8 aromatic rings. The van der Waals surface area contributed by atoms with Crippen LogP contribution in [-0.4, -0.2) is 68.1 Å². The van der Waals surface area contributed by atoms with Gasteiger partial charge >= 0.3 is 0 Å². The lowest BCUT2D eigenvalue weighted by molar-refractivity contribution is -0.113. The number of nitrogens with one attached hydrogen (secondary N) is 4. The minimum atomic E-state index is -0.411. The first kappa shape index (κ1) is 64.3. The molecule has 0 aromatic heterocycles. The summed E-state index contributed by atoms with van der Waals surface area (Å²) < 4.78 is 29.3. The van der Waals surface area contributed by atoms with Crippen LogP contribution >= 0.6 is 27.5 Å². The number of carbonyl (C=O) groups excluding carboxylic acids is 8. The zero-order valence-corrected chi connectivity index (χ0v) is 51.3. The van der Waals surface area contributed by atoms with Crippen LogP contribution in [0, 0.1) is 12.4 Å². The first-order valence-corrected chi connectivity index (χ1v) is 29.1. The summed E-state index contributed by atoms with van der Waals surface area (Å²) in [6.45, 7) is 6.99. The average molecular weight is 1300 g/mol. The van der Waals surface area contributed by atoms with Gasteiger partial charge in [-0.1, -0.05) is 88.2 Å². The summed E-state index contributed by atoms with van der Waals surface area (Å²) in [5, 5.41) is 11.5. The van der Waals surface area contributed by atoms with Crippen LogP contribution in [0.5, 0.6) is 17.2 Å². The molecule has 91 heavy (non-hydrogen) atoms. The Morgan fingerprint density at radius 3 is 1.15 bits per heavy atom. The molecule has 4 heterocycles. The number of fused-ring (bicyclic) bond motifs is 4. The number of halogens is 3. The summed E-state index contributed by atoms with van der Waals surface area (Å²) in [6, 6.07) is 49.5. The first-order chi connectivity index (χ1) is 43.9. The number of hydrogen-bond donors (Lipinski definition) is 4. The molecule has 0 saturated heterocycles. The minimum absolute atomic E-state index is 0.188. The quantitative estimate of drug-likeness (QED) is 0.0542. The summed E-state index contributed by atoms with van der Waals surface area (Å²) in [5.74, 6) is -0.447. The van der Waals surface area contributed by atoms with Crippen molar-refractivity contribution in [2.75, 3.05) is 42.6 Å². The maximum atomic E-state index is 13.2. The molecule has 0 saturated carbocycles. The van der Waals surface area contributed by atoms with Gasteiger partial charge in [-0.05, 0) is 162 Å². The number of rotatable bonds is 11. The van der Waals surface area contributed by atoms with Crippen molar-refractivity contribution in [1.82, 2.24) is 0 Å². The molecule has 4 N–H and O–H groups in total. The molecular formula is C72H54BrClFN5O11. The third-order valence-electron chi connectivity index (χ3n) is 14.5. The van der Waals surface area contributed by atoms with Crippen LogP contribution in [0.25, 0.3) is 4.85 Å². The molecule has 0 unspecified atom stereocenters. The zero-order chi connectivity index (χ0) is 64.7. The van der Waals surface area contributed by atoms with Crippen LogP contribution < -0.4 is 35.5 Å². The number of allylic oxidation sites excluding steroid dienone is 4. The van der Waals surface area contributed by atoms with Gasteiger partial charge in [-0.2, -0.15) is 0 Å². The number of amides is 4. The number of hydrogen-bond acceptors (Lipinski definition) is 11. The Balaban J connectivity index is 0.000000144. The van der Waals surface area contributed by atoms with E-state index in [9.17, 15) is 42.7 Å². The molecule has 12 rings (SSSR count). The molecule has 16 nitrogen and oxygen atoms in total. The van der Waals surface area contributed by atoms with Gasteiger partial charge in [-0.25, -0.2) is 9.24 Å². The lowest BCUT2D eigenvalue weighted by Gasteiger charge is -2.19. The fourth-order valence-corrected chi connectivity index (χ4v) is 10.1. The van der Waals surface area contributed by atoms with Crippen molar-refractivity contribution in [2.45, 2.75) is 25.7 Å². The van der Waals surface area contributed by atoms with Crippen molar-refractivity contribution in [3.8, 4) is 17.2 Å². The van der Waals surface area contributed by atoms with Crippen molar-refractivity contribution in [2.24, 2.45) is 0 Å². The van der Waals surface area contributed by atoms with Crippen molar-refractivity contribution in [1.29, 1.82) is 0 Å². The number of anilines is 4. The SMILES string of the molecule is COc1ccc(C(=O)/C=C2\Cc3ccc(Br)cc3NC2=O)cc1.COc1ccc(C(=O)/C=C2\Cc3ccc(Cl)cc3NC2=O)cc1.COc1ccc(C(=O)/C=C2\Cc3ccc(F)cc3NC2=O)cc1.[C-]#[N+]c1ccc2c(c1)NC(=O)/C(=C/C(=O)c1ccccc1)C2. The second-order valence-corrected chi connectivity index (χ2v) is 21.9. The lowest BCUT2D eigenvalue weighted by atomic mass is 9.96. The molecule has 0 atom stereocenters. The Morgan fingerprint density at radius 1 is 0.440 bits per heavy atom. The van der Waals surface area contributed by atoms with E-state index in [0.717, 1.165) is 32.4 Å². The summed E-state index contributed by atoms with van der Waals surface area (Å²) >= 11 is 9.30. The molecular weight excluding hydrogens is 1250 g/mol. The van der Waals surface area contributed by atoms with Crippen LogP contribution in [0.15, 0.2) is 227 Å². The molecule has 0 fully saturated rings. The van der Waals surface area contributed by atoms with E-state index in [-0.39, 0.29) is 46.8 Å². The fourth-order valence-electron chi connectivity index (χ4n) is 9.62. The van der Waals surface area contributed by atoms with Gasteiger partial charge in [0.05, 0.1) is 27.9 Å². The van der Waals surface area contributed by atoms with Crippen LogP contribution in [0.3, 0.4) is 0 Å². The number of benzene rings is 8. The summed E-state index contributed by atoms with van der Waals surface area (Å²) in [5.41, 5.74) is 10.4. The molecule has 4 aliphatic rings. The van der Waals surface area contributed by atoms with Gasteiger partial charge in [0.15, 0.2) is 28.8 Å². The zero-order valence-electron chi connectivity index (χ0n) is 49.0. The highest BCUT2D eigenvalue weighted by molar-refractivity contribution is 9.10. The monoisotopic (exact) mass is 1300 g/mol. The van der Waals surface area contributed by atoms with Crippen molar-refractivity contribution >= 4 is 103 Å². The number of nitrogens with zero attached hydrogens (tertiary/aromatic N) is 1. The molecule has 19 heteroatoms. The third kappa shape index (κ3) is 16.7. The van der Waals surface area contributed by atoms with Gasteiger partial charge in [0, 0.05) is 102 Å². The molecule has 454 valence electrons. The van der Waals surface area contributed by atoms with Gasteiger partial charge < -0.3 is 35.5 Å². The van der Waals surface area contributed by atoms with E-state index < -0.39 is 5.82 Å². The van der Waals surface area contributed by atoms with E-state index in [1.807, 2.05) is 36.4 Å². The normalized spacial score (nSPS) is 15.0. The molecule has 4 aliphatic heterocycles.